The number of nitrogens with one attached hydrogen (secondary N) is 3. The van der Waals surface area contributed by atoms with Gasteiger partial charge in [0.25, 0.3) is 5.91 Å². The van der Waals surface area contributed by atoms with Gasteiger partial charge in [0.15, 0.2) is 0 Å². The summed E-state index contributed by atoms with van der Waals surface area (Å²) in [6.07, 6.45) is 6.55. The van der Waals surface area contributed by atoms with Crippen molar-refractivity contribution in [3.8, 4) is 0 Å². The summed E-state index contributed by atoms with van der Waals surface area (Å²) < 4.78 is 5.21. The Kier molecular flexibility index (Phi) is 8.25. The van der Waals surface area contributed by atoms with Crippen LogP contribution in [0.15, 0.2) is 24.3 Å². The Morgan fingerprint density at radius 3 is 2.52 bits per heavy atom. The molecule has 0 spiro atoms. The maximum Gasteiger partial charge on any atom is 0.319 e. The fraction of sp³-hybridized carbons (Fsp3) is 0.579. The van der Waals surface area contributed by atoms with E-state index in [1.54, 1.807) is 24.3 Å². The van der Waals surface area contributed by atoms with Gasteiger partial charge in [0.05, 0.1) is 0 Å². The number of amides is 3. The second-order valence-electron chi connectivity index (χ2n) is 6.32. The molecule has 0 bridgehead atoms. The van der Waals surface area contributed by atoms with E-state index in [0.29, 0.717) is 37.1 Å². The zero-order chi connectivity index (χ0) is 17.9. The minimum atomic E-state index is -0.254. The first-order valence-corrected chi connectivity index (χ1v) is 9.22. The monoisotopic (exact) mass is 347 g/mol. The standard InChI is InChI=1S/C19H29N3O3/c1-2-25-14-6-13-20-19(24)22-17-11-9-15(10-12-17)18(23)21-16-7-4-3-5-8-16/h9-12,16H,2-8,13-14H2,1H3,(H,21,23)(H2,20,22,24). The van der Waals surface area contributed by atoms with Crippen LogP contribution < -0.4 is 16.0 Å². The highest BCUT2D eigenvalue weighted by molar-refractivity contribution is 5.95. The highest BCUT2D eigenvalue weighted by atomic mass is 16.5. The first-order valence-electron chi connectivity index (χ1n) is 9.22. The van der Waals surface area contributed by atoms with Gasteiger partial charge < -0.3 is 20.7 Å². The van der Waals surface area contributed by atoms with Crippen LogP contribution in [0.25, 0.3) is 0 Å². The number of ether oxygens (including phenoxy) is 1. The molecule has 0 unspecified atom stereocenters. The SMILES string of the molecule is CCOCCCNC(=O)Nc1ccc(C(=O)NC2CCCCC2)cc1. The van der Waals surface area contributed by atoms with Gasteiger partial charge in [-0.3, -0.25) is 4.79 Å². The molecule has 3 amide bonds. The summed E-state index contributed by atoms with van der Waals surface area (Å²) in [5, 5.41) is 8.62. The summed E-state index contributed by atoms with van der Waals surface area (Å²) in [6, 6.07) is 7.01. The quantitative estimate of drug-likeness (QED) is 0.631. The molecule has 1 aliphatic carbocycles. The van der Waals surface area contributed by atoms with Crippen LogP contribution in [0.1, 0.15) is 55.8 Å². The molecule has 0 atom stereocenters. The molecular formula is C19H29N3O3. The summed E-state index contributed by atoms with van der Waals surface area (Å²) in [7, 11) is 0. The molecule has 0 aromatic heterocycles. The third kappa shape index (κ3) is 7.13. The van der Waals surface area contributed by atoms with Gasteiger partial charge in [-0.1, -0.05) is 19.3 Å². The van der Waals surface area contributed by atoms with Crippen molar-refractivity contribution in [1.82, 2.24) is 10.6 Å². The summed E-state index contributed by atoms with van der Waals surface area (Å²) in [4.78, 5) is 24.0. The first kappa shape index (κ1) is 19.2. The number of rotatable bonds is 8. The molecule has 6 heteroatoms. The molecule has 1 aromatic rings. The number of anilines is 1. The predicted octanol–water partition coefficient (Wildman–Crippen LogP) is 3.30. The molecule has 138 valence electrons. The van der Waals surface area contributed by atoms with E-state index in [1.807, 2.05) is 6.92 Å². The molecule has 6 nitrogen and oxygen atoms in total. The molecule has 2 rings (SSSR count). The lowest BCUT2D eigenvalue weighted by atomic mass is 9.95. The minimum Gasteiger partial charge on any atom is -0.382 e. The van der Waals surface area contributed by atoms with E-state index in [1.165, 1.54) is 19.3 Å². The van der Waals surface area contributed by atoms with Crippen LogP contribution in [0, 0.1) is 0 Å². The Hall–Kier alpha value is -2.08. The molecule has 1 fully saturated rings. The molecule has 1 saturated carbocycles. The number of hydrogen-bond donors (Lipinski definition) is 3. The van der Waals surface area contributed by atoms with Crippen LogP contribution in [0.5, 0.6) is 0 Å². The van der Waals surface area contributed by atoms with Gasteiger partial charge in [0.1, 0.15) is 0 Å². The van der Waals surface area contributed by atoms with Crippen LogP contribution in [0.4, 0.5) is 10.5 Å². The van der Waals surface area contributed by atoms with Crippen molar-refractivity contribution < 1.29 is 14.3 Å². The maximum absolute atomic E-state index is 12.3. The largest absolute Gasteiger partial charge is 0.382 e. The summed E-state index contributed by atoms with van der Waals surface area (Å²) in [5.74, 6) is -0.0428. The van der Waals surface area contributed by atoms with Crippen molar-refractivity contribution >= 4 is 17.6 Å². The average Bonchev–Trinajstić information content (AvgIpc) is 2.63. The summed E-state index contributed by atoms with van der Waals surface area (Å²) in [5.41, 5.74) is 1.28. The minimum absolute atomic E-state index is 0.0428. The Morgan fingerprint density at radius 1 is 1.12 bits per heavy atom. The third-order valence-electron chi connectivity index (χ3n) is 4.30. The Labute approximate surface area is 149 Å². The van der Waals surface area contributed by atoms with Crippen molar-refractivity contribution in [2.45, 2.75) is 51.5 Å². The fourth-order valence-corrected chi connectivity index (χ4v) is 2.92. The van der Waals surface area contributed by atoms with E-state index < -0.39 is 0 Å². The Bertz CT molecular complexity index is 539. The summed E-state index contributed by atoms with van der Waals surface area (Å²) in [6.45, 7) is 3.83. The van der Waals surface area contributed by atoms with E-state index in [0.717, 1.165) is 19.3 Å². The second kappa shape index (κ2) is 10.7. The van der Waals surface area contributed by atoms with Crippen molar-refractivity contribution in [3.63, 3.8) is 0 Å². The van der Waals surface area contributed by atoms with Crippen molar-refractivity contribution in [3.05, 3.63) is 29.8 Å². The van der Waals surface area contributed by atoms with Gasteiger partial charge in [-0.25, -0.2) is 4.79 Å². The van der Waals surface area contributed by atoms with E-state index in [-0.39, 0.29) is 11.9 Å². The molecule has 0 saturated heterocycles. The molecule has 0 radical (unpaired) electrons. The topological polar surface area (TPSA) is 79.5 Å². The van der Waals surface area contributed by atoms with Gasteiger partial charge in [-0.2, -0.15) is 0 Å². The molecule has 1 aliphatic rings. The lowest BCUT2D eigenvalue weighted by molar-refractivity contribution is 0.0927. The molecule has 3 N–H and O–H groups in total. The lowest BCUT2D eigenvalue weighted by Gasteiger charge is -2.22. The van der Waals surface area contributed by atoms with E-state index in [4.69, 9.17) is 4.74 Å². The number of carbonyl (C=O) groups is 2. The third-order valence-corrected chi connectivity index (χ3v) is 4.30. The number of carbonyl (C=O) groups excluding carboxylic acids is 2. The summed E-state index contributed by atoms with van der Waals surface area (Å²) >= 11 is 0. The normalized spacial score (nSPS) is 14.8. The number of benzene rings is 1. The van der Waals surface area contributed by atoms with Crippen LogP contribution in [-0.2, 0) is 4.74 Å². The fourth-order valence-electron chi connectivity index (χ4n) is 2.92. The Morgan fingerprint density at radius 2 is 1.84 bits per heavy atom. The molecule has 1 aromatic carbocycles. The predicted molar refractivity (Wildman–Crippen MR) is 98.9 cm³/mol. The highest BCUT2D eigenvalue weighted by Crippen LogP contribution is 2.18. The smallest absolute Gasteiger partial charge is 0.319 e. The van der Waals surface area contributed by atoms with Crippen molar-refractivity contribution in [2.75, 3.05) is 25.1 Å². The second-order valence-corrected chi connectivity index (χ2v) is 6.32. The van der Waals surface area contributed by atoms with Gasteiger partial charge in [0, 0.05) is 37.1 Å². The highest BCUT2D eigenvalue weighted by Gasteiger charge is 2.16. The van der Waals surface area contributed by atoms with E-state index in [9.17, 15) is 9.59 Å². The van der Waals surface area contributed by atoms with Gasteiger partial charge in [-0.05, 0) is 50.5 Å². The zero-order valence-corrected chi connectivity index (χ0v) is 15.0. The van der Waals surface area contributed by atoms with Crippen molar-refractivity contribution in [1.29, 1.82) is 0 Å². The molecular weight excluding hydrogens is 318 g/mol. The van der Waals surface area contributed by atoms with Crippen molar-refractivity contribution in [2.24, 2.45) is 0 Å². The van der Waals surface area contributed by atoms with Crippen LogP contribution >= 0.6 is 0 Å². The molecule has 0 aliphatic heterocycles. The molecule has 0 heterocycles. The van der Waals surface area contributed by atoms with Crippen LogP contribution in [0.3, 0.4) is 0 Å². The van der Waals surface area contributed by atoms with Crippen LogP contribution in [-0.4, -0.2) is 37.7 Å². The van der Waals surface area contributed by atoms with E-state index in [2.05, 4.69) is 16.0 Å². The lowest BCUT2D eigenvalue weighted by Crippen LogP contribution is -2.36. The maximum atomic E-state index is 12.3. The van der Waals surface area contributed by atoms with Crippen LogP contribution in [0.2, 0.25) is 0 Å². The van der Waals surface area contributed by atoms with Gasteiger partial charge >= 0.3 is 6.03 Å². The van der Waals surface area contributed by atoms with E-state index >= 15 is 0 Å². The number of hydrogen-bond acceptors (Lipinski definition) is 3. The van der Waals surface area contributed by atoms with Gasteiger partial charge in [-0.15, -0.1) is 0 Å². The molecule has 25 heavy (non-hydrogen) atoms. The Balaban J connectivity index is 1.73. The van der Waals surface area contributed by atoms with Gasteiger partial charge in [0.2, 0.25) is 0 Å². The average molecular weight is 347 g/mol. The zero-order valence-electron chi connectivity index (χ0n) is 15.0. The number of urea groups is 1. The first-order chi connectivity index (χ1) is 12.2.